The Morgan fingerprint density at radius 1 is 1.32 bits per heavy atom. The summed E-state index contributed by atoms with van der Waals surface area (Å²) in [5, 5.41) is 0. The Kier molecular flexibility index (Phi) is 3.99. The Balaban J connectivity index is 2.26. The quantitative estimate of drug-likeness (QED) is 0.890. The number of hydrogen-bond donors (Lipinski definition) is 2. The summed E-state index contributed by atoms with van der Waals surface area (Å²) in [5.74, 6) is 0. The SMILES string of the molecule is CC(N)c1cccc(S(=O)(=O)NC2(C)CCCC2)c1. The van der Waals surface area contributed by atoms with Crippen molar-refractivity contribution in [2.24, 2.45) is 5.73 Å². The molecule has 2 rings (SSSR count). The van der Waals surface area contributed by atoms with Crippen LogP contribution in [0.5, 0.6) is 0 Å². The second-order valence-electron chi connectivity index (χ2n) is 5.73. The Hall–Kier alpha value is -0.910. The van der Waals surface area contributed by atoms with Crippen molar-refractivity contribution in [3.8, 4) is 0 Å². The average molecular weight is 282 g/mol. The fraction of sp³-hybridized carbons (Fsp3) is 0.571. The van der Waals surface area contributed by atoms with Crippen LogP contribution >= 0.6 is 0 Å². The zero-order chi connectivity index (χ0) is 14.1. The molecule has 1 aliphatic rings. The third-order valence-corrected chi connectivity index (χ3v) is 5.42. The molecule has 0 aliphatic heterocycles. The summed E-state index contributed by atoms with van der Waals surface area (Å²) in [6.45, 7) is 3.82. The summed E-state index contributed by atoms with van der Waals surface area (Å²) in [4.78, 5) is 0.301. The molecule has 0 amide bonds. The molecule has 5 heteroatoms. The standard InChI is InChI=1S/C14H22N2O2S/c1-11(15)12-6-5-7-13(10-12)19(17,18)16-14(2)8-3-4-9-14/h5-7,10-11,16H,3-4,8-9,15H2,1-2H3. The van der Waals surface area contributed by atoms with E-state index in [-0.39, 0.29) is 11.6 Å². The third-order valence-electron chi connectivity index (χ3n) is 3.78. The fourth-order valence-corrected chi connectivity index (χ4v) is 4.13. The van der Waals surface area contributed by atoms with Gasteiger partial charge in [-0.2, -0.15) is 0 Å². The van der Waals surface area contributed by atoms with E-state index in [1.54, 1.807) is 18.2 Å². The molecule has 1 aromatic carbocycles. The third kappa shape index (κ3) is 3.35. The van der Waals surface area contributed by atoms with E-state index in [1.807, 2.05) is 19.9 Å². The minimum absolute atomic E-state index is 0.169. The van der Waals surface area contributed by atoms with E-state index in [2.05, 4.69) is 4.72 Å². The van der Waals surface area contributed by atoms with E-state index in [9.17, 15) is 8.42 Å². The van der Waals surface area contributed by atoms with Crippen molar-refractivity contribution < 1.29 is 8.42 Å². The predicted octanol–water partition coefficient (Wildman–Crippen LogP) is 2.32. The van der Waals surface area contributed by atoms with Gasteiger partial charge >= 0.3 is 0 Å². The molecule has 0 bridgehead atoms. The molecule has 0 saturated heterocycles. The summed E-state index contributed by atoms with van der Waals surface area (Å²) < 4.78 is 27.7. The number of hydrogen-bond acceptors (Lipinski definition) is 3. The van der Waals surface area contributed by atoms with E-state index < -0.39 is 10.0 Å². The van der Waals surface area contributed by atoms with E-state index in [0.29, 0.717) is 4.90 Å². The molecule has 106 valence electrons. The topological polar surface area (TPSA) is 72.2 Å². The normalized spacial score (nSPS) is 20.4. The minimum atomic E-state index is -3.46. The van der Waals surface area contributed by atoms with Gasteiger partial charge in [0.15, 0.2) is 0 Å². The van der Waals surface area contributed by atoms with Crippen LogP contribution in [-0.2, 0) is 10.0 Å². The Morgan fingerprint density at radius 2 is 1.95 bits per heavy atom. The first-order chi connectivity index (χ1) is 8.82. The number of nitrogens with one attached hydrogen (secondary N) is 1. The van der Waals surface area contributed by atoms with Crippen molar-refractivity contribution in [3.63, 3.8) is 0 Å². The fourth-order valence-electron chi connectivity index (χ4n) is 2.61. The van der Waals surface area contributed by atoms with Gasteiger partial charge in [0.2, 0.25) is 10.0 Å². The molecule has 1 fully saturated rings. The molecule has 3 N–H and O–H groups in total. The lowest BCUT2D eigenvalue weighted by molar-refractivity contribution is 0.427. The van der Waals surface area contributed by atoms with Crippen LogP contribution in [0.2, 0.25) is 0 Å². The van der Waals surface area contributed by atoms with Crippen LogP contribution in [0.15, 0.2) is 29.2 Å². The molecular weight excluding hydrogens is 260 g/mol. The number of benzene rings is 1. The van der Waals surface area contributed by atoms with E-state index in [4.69, 9.17) is 5.73 Å². The van der Waals surface area contributed by atoms with Crippen molar-refractivity contribution in [2.75, 3.05) is 0 Å². The maximum absolute atomic E-state index is 12.4. The molecule has 0 heterocycles. The Labute approximate surface area is 115 Å². The first kappa shape index (κ1) is 14.5. The molecule has 1 unspecified atom stereocenters. The van der Waals surface area contributed by atoms with Crippen LogP contribution in [0.4, 0.5) is 0 Å². The first-order valence-electron chi connectivity index (χ1n) is 6.72. The second kappa shape index (κ2) is 5.23. The highest BCUT2D eigenvalue weighted by Gasteiger charge is 2.33. The molecule has 4 nitrogen and oxygen atoms in total. The van der Waals surface area contributed by atoms with Crippen LogP contribution in [0.3, 0.4) is 0 Å². The van der Waals surface area contributed by atoms with Crippen LogP contribution in [-0.4, -0.2) is 14.0 Å². The highest BCUT2D eigenvalue weighted by atomic mass is 32.2. The number of sulfonamides is 1. The molecular formula is C14H22N2O2S. The highest BCUT2D eigenvalue weighted by Crippen LogP contribution is 2.30. The summed E-state index contributed by atoms with van der Waals surface area (Å²) in [7, 11) is -3.46. The molecule has 1 saturated carbocycles. The molecule has 19 heavy (non-hydrogen) atoms. The second-order valence-corrected chi connectivity index (χ2v) is 7.42. The smallest absolute Gasteiger partial charge is 0.241 e. The minimum Gasteiger partial charge on any atom is -0.324 e. The van der Waals surface area contributed by atoms with Crippen LogP contribution in [0.1, 0.15) is 51.1 Å². The molecule has 0 aromatic heterocycles. The largest absolute Gasteiger partial charge is 0.324 e. The van der Waals surface area contributed by atoms with Crippen LogP contribution in [0, 0.1) is 0 Å². The maximum atomic E-state index is 12.4. The van der Waals surface area contributed by atoms with E-state index in [0.717, 1.165) is 31.2 Å². The van der Waals surface area contributed by atoms with Crippen molar-refractivity contribution >= 4 is 10.0 Å². The lowest BCUT2D eigenvalue weighted by Crippen LogP contribution is -2.43. The summed E-state index contributed by atoms with van der Waals surface area (Å²) in [5.41, 5.74) is 6.33. The summed E-state index contributed by atoms with van der Waals surface area (Å²) in [6, 6.07) is 6.69. The van der Waals surface area contributed by atoms with Crippen molar-refractivity contribution in [1.82, 2.24) is 4.72 Å². The van der Waals surface area contributed by atoms with Gasteiger partial charge < -0.3 is 5.73 Å². The van der Waals surface area contributed by atoms with Gasteiger partial charge in [-0.25, -0.2) is 13.1 Å². The van der Waals surface area contributed by atoms with Gasteiger partial charge in [0.25, 0.3) is 0 Å². The predicted molar refractivity (Wildman–Crippen MR) is 76.2 cm³/mol. The monoisotopic (exact) mass is 282 g/mol. The van der Waals surface area contributed by atoms with Crippen LogP contribution in [0.25, 0.3) is 0 Å². The molecule has 1 aromatic rings. The Morgan fingerprint density at radius 3 is 2.53 bits per heavy atom. The van der Waals surface area contributed by atoms with Crippen molar-refractivity contribution in [1.29, 1.82) is 0 Å². The number of rotatable bonds is 4. The summed E-state index contributed by atoms with van der Waals surface area (Å²) in [6.07, 6.45) is 3.97. The van der Waals surface area contributed by atoms with E-state index >= 15 is 0 Å². The first-order valence-corrected chi connectivity index (χ1v) is 8.20. The maximum Gasteiger partial charge on any atom is 0.241 e. The van der Waals surface area contributed by atoms with E-state index in [1.165, 1.54) is 0 Å². The average Bonchev–Trinajstić information content (AvgIpc) is 2.75. The van der Waals surface area contributed by atoms with Gasteiger partial charge in [-0.15, -0.1) is 0 Å². The van der Waals surface area contributed by atoms with Crippen molar-refractivity contribution in [3.05, 3.63) is 29.8 Å². The van der Waals surface area contributed by atoms with Crippen molar-refractivity contribution in [2.45, 2.75) is 56.0 Å². The summed E-state index contributed by atoms with van der Waals surface area (Å²) >= 11 is 0. The van der Waals surface area contributed by atoms with Gasteiger partial charge in [-0.1, -0.05) is 25.0 Å². The van der Waals surface area contributed by atoms with Crippen LogP contribution < -0.4 is 10.5 Å². The lowest BCUT2D eigenvalue weighted by Gasteiger charge is -2.25. The number of nitrogens with two attached hydrogens (primary N) is 1. The van der Waals surface area contributed by atoms with Gasteiger partial charge in [-0.3, -0.25) is 0 Å². The Bertz CT molecular complexity index is 546. The zero-order valence-electron chi connectivity index (χ0n) is 11.5. The highest BCUT2D eigenvalue weighted by molar-refractivity contribution is 7.89. The van der Waals surface area contributed by atoms with Gasteiger partial charge in [0.1, 0.15) is 0 Å². The molecule has 0 radical (unpaired) electrons. The molecule has 0 spiro atoms. The van der Waals surface area contributed by atoms with Gasteiger partial charge in [0, 0.05) is 11.6 Å². The zero-order valence-corrected chi connectivity index (χ0v) is 12.3. The lowest BCUT2D eigenvalue weighted by atomic mass is 10.0. The molecule has 1 atom stereocenters. The van der Waals surface area contributed by atoms with Gasteiger partial charge in [-0.05, 0) is 44.4 Å². The molecule has 1 aliphatic carbocycles. The van der Waals surface area contributed by atoms with Gasteiger partial charge in [0.05, 0.1) is 4.90 Å².